The molecule has 3 aromatic rings. The molecule has 38 heavy (non-hydrogen) atoms. The van der Waals surface area contributed by atoms with Crippen LogP contribution < -0.4 is 9.62 Å². The first-order valence-corrected chi connectivity index (χ1v) is 14.2. The van der Waals surface area contributed by atoms with E-state index in [9.17, 15) is 18.0 Å². The van der Waals surface area contributed by atoms with Gasteiger partial charge in [0.25, 0.3) is 10.0 Å². The van der Waals surface area contributed by atoms with Crippen molar-refractivity contribution in [3.8, 4) is 0 Å². The Morgan fingerprint density at radius 2 is 1.53 bits per heavy atom. The average Bonchev–Trinajstić information content (AvgIpc) is 2.89. The average molecular weight is 556 g/mol. The summed E-state index contributed by atoms with van der Waals surface area (Å²) < 4.78 is 29.1. The van der Waals surface area contributed by atoms with E-state index in [1.54, 1.807) is 42.5 Å². The molecule has 0 radical (unpaired) electrons. The number of nitrogens with zero attached hydrogens (tertiary/aromatic N) is 2. The predicted molar refractivity (Wildman–Crippen MR) is 152 cm³/mol. The first-order valence-electron chi connectivity index (χ1n) is 12.4. The van der Waals surface area contributed by atoms with Crippen LogP contribution in [0.2, 0.25) is 5.02 Å². The molecule has 3 aromatic carbocycles. The molecule has 0 unspecified atom stereocenters. The second kappa shape index (κ2) is 12.5. The highest BCUT2D eigenvalue weighted by Gasteiger charge is 2.34. The Balaban J connectivity index is 2.10. The maximum absolute atomic E-state index is 14.0. The van der Waals surface area contributed by atoms with Gasteiger partial charge in [0.1, 0.15) is 12.6 Å². The monoisotopic (exact) mass is 555 g/mol. The Morgan fingerprint density at radius 3 is 2.11 bits per heavy atom. The van der Waals surface area contributed by atoms with E-state index in [1.165, 1.54) is 24.1 Å². The molecule has 7 nitrogen and oxygen atoms in total. The normalized spacial score (nSPS) is 12.1. The molecule has 0 spiro atoms. The van der Waals surface area contributed by atoms with Gasteiger partial charge in [0.2, 0.25) is 11.8 Å². The largest absolute Gasteiger partial charge is 0.357 e. The standard InChI is InChI=1S/C29H34ClN3O4S/c1-6-26(29(35)31-5)32(18-23-11-13-24(30)14-12-23)28(34)19-33(27-17-21(3)7-10-22(27)4)38(36,37)25-15-8-20(2)9-16-25/h7-17,26H,6,18-19H2,1-5H3,(H,31,35)/t26-/m0/s1. The molecule has 0 aromatic heterocycles. The van der Waals surface area contributed by atoms with Gasteiger partial charge in [-0.2, -0.15) is 0 Å². The zero-order valence-electron chi connectivity index (χ0n) is 22.4. The molecule has 1 N–H and O–H groups in total. The molecule has 0 saturated carbocycles. The summed E-state index contributed by atoms with van der Waals surface area (Å²) in [6.07, 6.45) is 0.354. The SMILES string of the molecule is CC[C@@H](C(=O)NC)N(Cc1ccc(Cl)cc1)C(=O)CN(c1cc(C)ccc1C)S(=O)(=O)c1ccc(C)cc1. The van der Waals surface area contributed by atoms with Crippen molar-refractivity contribution in [1.82, 2.24) is 10.2 Å². The fourth-order valence-electron chi connectivity index (χ4n) is 4.21. The summed E-state index contributed by atoms with van der Waals surface area (Å²) >= 11 is 6.04. The third kappa shape index (κ3) is 6.74. The van der Waals surface area contributed by atoms with Crippen molar-refractivity contribution < 1.29 is 18.0 Å². The summed E-state index contributed by atoms with van der Waals surface area (Å²) in [6, 6.07) is 18.2. The number of carbonyl (C=O) groups is 2. The summed E-state index contributed by atoms with van der Waals surface area (Å²) in [6.45, 7) is 7.01. The van der Waals surface area contributed by atoms with Crippen LogP contribution >= 0.6 is 11.6 Å². The van der Waals surface area contributed by atoms with E-state index in [0.717, 1.165) is 21.0 Å². The molecular formula is C29H34ClN3O4S. The van der Waals surface area contributed by atoms with E-state index < -0.39 is 28.5 Å². The van der Waals surface area contributed by atoms with Crippen LogP contribution in [-0.4, -0.2) is 44.8 Å². The van der Waals surface area contributed by atoms with Gasteiger partial charge in [-0.3, -0.25) is 13.9 Å². The smallest absolute Gasteiger partial charge is 0.264 e. The fourth-order valence-corrected chi connectivity index (χ4v) is 5.81. The van der Waals surface area contributed by atoms with Crippen LogP contribution in [0.1, 0.15) is 35.6 Å². The first-order chi connectivity index (χ1) is 18.0. The molecule has 0 aliphatic heterocycles. The molecule has 0 saturated heterocycles. The van der Waals surface area contributed by atoms with Crippen molar-refractivity contribution in [2.75, 3.05) is 17.9 Å². The number of halogens is 1. The van der Waals surface area contributed by atoms with E-state index in [-0.39, 0.29) is 17.3 Å². The molecule has 0 aliphatic rings. The molecule has 0 aliphatic carbocycles. The zero-order valence-corrected chi connectivity index (χ0v) is 23.9. The highest BCUT2D eigenvalue weighted by atomic mass is 35.5. The number of amides is 2. The van der Waals surface area contributed by atoms with E-state index >= 15 is 0 Å². The maximum atomic E-state index is 14.0. The summed E-state index contributed by atoms with van der Waals surface area (Å²) in [5, 5.41) is 3.17. The molecule has 1 atom stereocenters. The van der Waals surface area contributed by atoms with Crippen LogP contribution in [0.25, 0.3) is 0 Å². The lowest BCUT2D eigenvalue weighted by Crippen LogP contribution is -2.51. The molecule has 9 heteroatoms. The molecule has 0 heterocycles. The Hall–Kier alpha value is -3.36. The van der Waals surface area contributed by atoms with Crippen molar-refractivity contribution in [3.63, 3.8) is 0 Å². The van der Waals surface area contributed by atoms with Crippen LogP contribution in [0.15, 0.2) is 71.6 Å². The van der Waals surface area contributed by atoms with Gasteiger partial charge in [-0.1, -0.05) is 60.5 Å². The Morgan fingerprint density at radius 1 is 0.921 bits per heavy atom. The number of nitrogens with one attached hydrogen (secondary N) is 1. The van der Waals surface area contributed by atoms with Gasteiger partial charge >= 0.3 is 0 Å². The molecule has 0 fully saturated rings. The predicted octanol–water partition coefficient (Wildman–Crippen LogP) is 5.01. The van der Waals surface area contributed by atoms with E-state index in [0.29, 0.717) is 22.7 Å². The Labute approximate surface area is 230 Å². The van der Waals surface area contributed by atoms with Crippen molar-refractivity contribution in [3.05, 3.63) is 94.0 Å². The lowest BCUT2D eigenvalue weighted by atomic mass is 10.1. The summed E-state index contributed by atoms with van der Waals surface area (Å²) in [7, 11) is -2.59. The molecule has 202 valence electrons. The van der Waals surface area contributed by atoms with Crippen LogP contribution in [0.3, 0.4) is 0 Å². The second-order valence-electron chi connectivity index (χ2n) is 9.30. The lowest BCUT2D eigenvalue weighted by molar-refractivity contribution is -0.140. The molecule has 3 rings (SSSR count). The maximum Gasteiger partial charge on any atom is 0.264 e. The van der Waals surface area contributed by atoms with Crippen molar-refractivity contribution >= 4 is 39.1 Å². The van der Waals surface area contributed by atoms with Gasteiger partial charge in [-0.15, -0.1) is 0 Å². The van der Waals surface area contributed by atoms with E-state index in [2.05, 4.69) is 5.32 Å². The number of hydrogen-bond donors (Lipinski definition) is 1. The third-order valence-corrected chi connectivity index (χ3v) is 8.45. The number of rotatable bonds is 10. The minimum absolute atomic E-state index is 0.0828. The van der Waals surface area contributed by atoms with Crippen LogP contribution in [0, 0.1) is 20.8 Å². The van der Waals surface area contributed by atoms with Crippen LogP contribution in [0.4, 0.5) is 5.69 Å². The van der Waals surface area contributed by atoms with Crippen molar-refractivity contribution in [2.24, 2.45) is 0 Å². The fraction of sp³-hybridized carbons (Fsp3) is 0.310. The van der Waals surface area contributed by atoms with Gasteiger partial charge in [-0.05, 0) is 74.2 Å². The number of likely N-dealkylation sites (N-methyl/N-ethyl adjacent to an activating group) is 1. The quantitative estimate of drug-likeness (QED) is 0.381. The van der Waals surface area contributed by atoms with Gasteiger partial charge in [0.05, 0.1) is 10.6 Å². The first kappa shape index (κ1) is 29.2. The number of carbonyl (C=O) groups excluding carboxylic acids is 2. The molecule has 2 amide bonds. The number of sulfonamides is 1. The lowest BCUT2D eigenvalue weighted by Gasteiger charge is -2.33. The highest BCUT2D eigenvalue weighted by molar-refractivity contribution is 7.92. The van der Waals surface area contributed by atoms with Gasteiger partial charge in [-0.25, -0.2) is 8.42 Å². The van der Waals surface area contributed by atoms with E-state index in [4.69, 9.17) is 11.6 Å². The van der Waals surface area contributed by atoms with Crippen molar-refractivity contribution in [1.29, 1.82) is 0 Å². The minimum Gasteiger partial charge on any atom is -0.357 e. The number of benzene rings is 3. The summed E-state index contributed by atoms with van der Waals surface area (Å²) in [5.74, 6) is -0.818. The van der Waals surface area contributed by atoms with E-state index in [1.807, 2.05) is 39.8 Å². The number of hydrogen-bond acceptors (Lipinski definition) is 4. The second-order valence-corrected chi connectivity index (χ2v) is 11.6. The summed E-state index contributed by atoms with van der Waals surface area (Å²) in [4.78, 5) is 28.3. The van der Waals surface area contributed by atoms with Gasteiger partial charge in [0, 0.05) is 18.6 Å². The van der Waals surface area contributed by atoms with Crippen LogP contribution in [0.5, 0.6) is 0 Å². The van der Waals surface area contributed by atoms with Gasteiger partial charge < -0.3 is 10.2 Å². The summed E-state index contributed by atoms with van der Waals surface area (Å²) in [5.41, 5.74) is 3.67. The van der Waals surface area contributed by atoms with Gasteiger partial charge in [0.15, 0.2) is 0 Å². The zero-order chi connectivity index (χ0) is 28.0. The highest BCUT2D eigenvalue weighted by Crippen LogP contribution is 2.29. The topological polar surface area (TPSA) is 86.8 Å². The number of aryl methyl sites for hydroxylation is 3. The minimum atomic E-state index is -4.11. The third-order valence-electron chi connectivity index (χ3n) is 6.42. The molecule has 0 bridgehead atoms. The van der Waals surface area contributed by atoms with Crippen molar-refractivity contribution in [2.45, 2.75) is 51.6 Å². The molecular weight excluding hydrogens is 522 g/mol. The Bertz CT molecular complexity index is 1390. The number of anilines is 1. The Kier molecular flexibility index (Phi) is 9.57. The van der Waals surface area contributed by atoms with Crippen LogP contribution in [-0.2, 0) is 26.2 Å².